The molecule has 1 aliphatic rings. The Labute approximate surface area is 123 Å². The van der Waals surface area contributed by atoms with Gasteiger partial charge in [-0.15, -0.1) is 0 Å². The first-order chi connectivity index (χ1) is 9.20. The Morgan fingerprint density at radius 1 is 1.40 bits per heavy atom. The molecule has 118 valence electrons. The molecule has 0 spiro atoms. The number of rotatable bonds is 5. The molecule has 1 saturated carbocycles. The topological polar surface area (TPSA) is 75.3 Å². The highest BCUT2D eigenvalue weighted by Crippen LogP contribution is 2.44. The lowest BCUT2D eigenvalue weighted by atomic mass is 9.61. The minimum atomic E-state index is -0.135. The maximum absolute atomic E-state index is 12.6. The van der Waals surface area contributed by atoms with Crippen LogP contribution in [0, 0.1) is 23.2 Å². The standard InChI is InChI=1S/C16H32N2O2/c1-10(2)8-12(9-19)18-15(20)13-6-7-14(17)11(3)16(13,4)5/h10-14,19H,6-9,17H2,1-5H3,(H,18,20). The molecular formula is C16H32N2O2. The second-order valence-corrected chi connectivity index (χ2v) is 7.42. The van der Waals surface area contributed by atoms with E-state index in [2.05, 4.69) is 39.9 Å². The minimum Gasteiger partial charge on any atom is -0.394 e. The Hall–Kier alpha value is -0.610. The van der Waals surface area contributed by atoms with E-state index >= 15 is 0 Å². The molecule has 20 heavy (non-hydrogen) atoms. The molecule has 1 aliphatic carbocycles. The van der Waals surface area contributed by atoms with E-state index < -0.39 is 0 Å². The van der Waals surface area contributed by atoms with Gasteiger partial charge in [0.25, 0.3) is 0 Å². The van der Waals surface area contributed by atoms with Crippen LogP contribution in [-0.2, 0) is 4.79 Å². The van der Waals surface area contributed by atoms with Gasteiger partial charge in [0.1, 0.15) is 0 Å². The first kappa shape index (κ1) is 17.4. The summed E-state index contributed by atoms with van der Waals surface area (Å²) in [4.78, 5) is 12.6. The van der Waals surface area contributed by atoms with Gasteiger partial charge in [0, 0.05) is 12.0 Å². The van der Waals surface area contributed by atoms with Crippen LogP contribution in [0.4, 0.5) is 0 Å². The first-order valence-electron chi connectivity index (χ1n) is 7.87. The van der Waals surface area contributed by atoms with Crippen LogP contribution in [0.1, 0.15) is 53.9 Å². The summed E-state index contributed by atoms with van der Waals surface area (Å²) in [6, 6.07) is 0.0440. The van der Waals surface area contributed by atoms with E-state index in [0.717, 1.165) is 19.3 Å². The van der Waals surface area contributed by atoms with Crippen molar-refractivity contribution in [3.05, 3.63) is 0 Å². The molecule has 4 N–H and O–H groups in total. The lowest BCUT2D eigenvalue weighted by Crippen LogP contribution is -2.53. The van der Waals surface area contributed by atoms with Crippen LogP contribution in [0.2, 0.25) is 0 Å². The molecule has 0 aliphatic heterocycles. The van der Waals surface area contributed by atoms with Gasteiger partial charge in [-0.05, 0) is 36.5 Å². The summed E-state index contributed by atoms with van der Waals surface area (Å²) >= 11 is 0. The highest BCUT2D eigenvalue weighted by molar-refractivity contribution is 5.80. The second kappa shape index (κ2) is 6.90. The van der Waals surface area contributed by atoms with Crippen molar-refractivity contribution in [3.8, 4) is 0 Å². The maximum Gasteiger partial charge on any atom is 0.223 e. The van der Waals surface area contributed by atoms with Crippen LogP contribution in [0.3, 0.4) is 0 Å². The third-order valence-electron chi connectivity index (χ3n) is 5.14. The Morgan fingerprint density at radius 2 is 2.00 bits per heavy atom. The Bertz CT molecular complexity index is 328. The van der Waals surface area contributed by atoms with E-state index in [9.17, 15) is 9.90 Å². The van der Waals surface area contributed by atoms with E-state index in [1.54, 1.807) is 0 Å². The molecule has 0 bridgehead atoms. The van der Waals surface area contributed by atoms with Crippen molar-refractivity contribution in [1.82, 2.24) is 5.32 Å². The number of carbonyl (C=O) groups excluding carboxylic acids is 1. The van der Waals surface area contributed by atoms with Crippen molar-refractivity contribution in [2.75, 3.05) is 6.61 Å². The number of amides is 1. The molecule has 4 unspecified atom stereocenters. The predicted octanol–water partition coefficient (Wildman–Crippen LogP) is 1.91. The molecular weight excluding hydrogens is 252 g/mol. The second-order valence-electron chi connectivity index (χ2n) is 7.42. The van der Waals surface area contributed by atoms with Crippen LogP contribution in [0.15, 0.2) is 0 Å². The van der Waals surface area contributed by atoms with Crippen molar-refractivity contribution in [2.24, 2.45) is 28.9 Å². The molecule has 1 fully saturated rings. The Balaban J connectivity index is 2.71. The number of hydrogen-bond acceptors (Lipinski definition) is 3. The number of carbonyl (C=O) groups is 1. The van der Waals surface area contributed by atoms with Crippen molar-refractivity contribution >= 4 is 5.91 Å². The average molecular weight is 284 g/mol. The Morgan fingerprint density at radius 3 is 2.50 bits per heavy atom. The summed E-state index contributed by atoms with van der Waals surface area (Å²) in [5.41, 5.74) is 6.04. The van der Waals surface area contributed by atoms with E-state index in [4.69, 9.17) is 5.73 Å². The van der Waals surface area contributed by atoms with Crippen LogP contribution in [0.5, 0.6) is 0 Å². The van der Waals surface area contributed by atoms with Crippen LogP contribution >= 0.6 is 0 Å². The number of aliphatic hydroxyl groups excluding tert-OH is 1. The van der Waals surface area contributed by atoms with E-state index in [1.807, 2.05) is 0 Å². The summed E-state index contributed by atoms with van der Waals surface area (Å²) in [6.45, 7) is 10.6. The third-order valence-corrected chi connectivity index (χ3v) is 5.14. The maximum atomic E-state index is 12.6. The summed E-state index contributed by atoms with van der Waals surface area (Å²) in [6.07, 6.45) is 2.55. The summed E-state index contributed by atoms with van der Waals surface area (Å²) in [7, 11) is 0. The van der Waals surface area contributed by atoms with Gasteiger partial charge in [0.15, 0.2) is 0 Å². The van der Waals surface area contributed by atoms with Crippen molar-refractivity contribution in [3.63, 3.8) is 0 Å². The highest BCUT2D eigenvalue weighted by atomic mass is 16.3. The molecule has 4 atom stereocenters. The fourth-order valence-electron chi connectivity index (χ4n) is 3.37. The number of aliphatic hydroxyl groups is 1. The molecule has 1 rings (SSSR count). The molecule has 4 heteroatoms. The smallest absolute Gasteiger partial charge is 0.223 e. The lowest BCUT2D eigenvalue weighted by Gasteiger charge is -2.46. The summed E-state index contributed by atoms with van der Waals surface area (Å²) < 4.78 is 0. The molecule has 4 nitrogen and oxygen atoms in total. The molecule has 0 aromatic carbocycles. The SMILES string of the molecule is CC(C)CC(CO)NC(=O)C1CCC(N)C(C)C1(C)C. The van der Waals surface area contributed by atoms with Gasteiger partial charge in [-0.2, -0.15) is 0 Å². The van der Waals surface area contributed by atoms with Gasteiger partial charge < -0.3 is 16.2 Å². The zero-order valence-electron chi connectivity index (χ0n) is 13.6. The average Bonchev–Trinajstić information content (AvgIpc) is 2.34. The fraction of sp³-hybridized carbons (Fsp3) is 0.938. The van der Waals surface area contributed by atoms with Gasteiger partial charge in [-0.1, -0.05) is 34.6 Å². The monoisotopic (exact) mass is 284 g/mol. The summed E-state index contributed by atoms with van der Waals surface area (Å²) in [5, 5.41) is 12.4. The zero-order valence-corrected chi connectivity index (χ0v) is 13.6. The first-order valence-corrected chi connectivity index (χ1v) is 7.87. The quantitative estimate of drug-likeness (QED) is 0.722. The minimum absolute atomic E-state index is 0.00609. The van der Waals surface area contributed by atoms with Gasteiger partial charge in [0.05, 0.1) is 12.6 Å². The third kappa shape index (κ3) is 3.95. The van der Waals surface area contributed by atoms with Gasteiger partial charge in [-0.3, -0.25) is 4.79 Å². The highest BCUT2D eigenvalue weighted by Gasteiger charge is 2.45. The number of nitrogens with one attached hydrogen (secondary N) is 1. The van der Waals surface area contributed by atoms with Crippen molar-refractivity contribution in [1.29, 1.82) is 0 Å². The number of nitrogens with two attached hydrogens (primary N) is 1. The zero-order chi connectivity index (χ0) is 15.5. The van der Waals surface area contributed by atoms with Gasteiger partial charge in [-0.25, -0.2) is 0 Å². The van der Waals surface area contributed by atoms with E-state index in [0.29, 0.717) is 11.8 Å². The lowest BCUT2D eigenvalue weighted by molar-refractivity contribution is -0.133. The van der Waals surface area contributed by atoms with E-state index in [-0.39, 0.29) is 35.9 Å². The normalized spacial score (nSPS) is 31.1. The molecule has 0 aromatic heterocycles. The predicted molar refractivity (Wildman–Crippen MR) is 82.1 cm³/mol. The fourth-order valence-corrected chi connectivity index (χ4v) is 3.37. The van der Waals surface area contributed by atoms with Crippen LogP contribution in [-0.4, -0.2) is 29.7 Å². The van der Waals surface area contributed by atoms with E-state index in [1.165, 1.54) is 0 Å². The van der Waals surface area contributed by atoms with Crippen LogP contribution in [0.25, 0.3) is 0 Å². The molecule has 0 heterocycles. The Kier molecular flexibility index (Phi) is 6.02. The van der Waals surface area contributed by atoms with Crippen LogP contribution < -0.4 is 11.1 Å². The largest absolute Gasteiger partial charge is 0.394 e. The molecule has 0 radical (unpaired) electrons. The van der Waals surface area contributed by atoms with Gasteiger partial charge in [0.2, 0.25) is 5.91 Å². The molecule has 1 amide bonds. The molecule has 0 aromatic rings. The van der Waals surface area contributed by atoms with Gasteiger partial charge >= 0.3 is 0 Å². The van der Waals surface area contributed by atoms with Crippen molar-refractivity contribution in [2.45, 2.75) is 66.0 Å². The number of hydrogen-bond donors (Lipinski definition) is 3. The van der Waals surface area contributed by atoms with Crippen molar-refractivity contribution < 1.29 is 9.90 Å². The summed E-state index contributed by atoms with van der Waals surface area (Å²) in [5.74, 6) is 0.843. The molecule has 0 saturated heterocycles.